The number of nitrogens with one attached hydrogen (secondary N) is 1. The van der Waals surface area contributed by atoms with E-state index in [0.717, 1.165) is 5.57 Å². The topological polar surface area (TPSA) is 69.0 Å². The third-order valence-corrected chi connectivity index (χ3v) is 3.68. The number of ether oxygens (including phenoxy) is 1. The van der Waals surface area contributed by atoms with Crippen LogP contribution in [-0.2, 0) is 4.74 Å². The van der Waals surface area contributed by atoms with Crippen molar-refractivity contribution in [2.24, 2.45) is 0 Å². The zero-order valence-corrected chi connectivity index (χ0v) is 13.9. The first-order chi connectivity index (χ1) is 12.2. The predicted octanol–water partition coefficient (Wildman–Crippen LogP) is 3.08. The van der Waals surface area contributed by atoms with Gasteiger partial charge in [0.15, 0.2) is 11.6 Å². The van der Waals surface area contributed by atoms with Crippen molar-refractivity contribution < 1.29 is 13.9 Å². The molecule has 7 heteroatoms. The van der Waals surface area contributed by atoms with Crippen LogP contribution in [0.25, 0.3) is 5.82 Å². The molecule has 0 amide bonds. The molecule has 2 aromatic rings. The maximum atomic E-state index is 13.1. The molecule has 2 heterocycles. The summed E-state index contributed by atoms with van der Waals surface area (Å²) in [6.45, 7) is 2.47. The number of aromatic nitrogens is 3. The summed E-state index contributed by atoms with van der Waals surface area (Å²) >= 11 is 0. The highest BCUT2D eigenvalue weighted by Crippen LogP contribution is 2.19. The van der Waals surface area contributed by atoms with Gasteiger partial charge in [-0.25, -0.2) is 18.9 Å². The van der Waals surface area contributed by atoms with E-state index in [1.165, 1.54) is 10.8 Å². The standard InChI is InChI=1S/C18H19FN4O2/c1-2-25-18(24)15-12-23(16-5-3-4-10-20-16)22-17(15)21-11-13-6-8-14(19)9-7-13/h3-8,10,12,14H,2,9,11H2,1H3,(H,21,22). The Hall–Kier alpha value is -2.96. The minimum absolute atomic E-state index is 0.277. The molecule has 6 nitrogen and oxygen atoms in total. The molecule has 0 saturated carbocycles. The highest BCUT2D eigenvalue weighted by molar-refractivity contribution is 5.94. The summed E-state index contributed by atoms with van der Waals surface area (Å²) in [6.07, 6.45) is 7.77. The summed E-state index contributed by atoms with van der Waals surface area (Å²) in [5.74, 6) is 0.545. The number of rotatable bonds is 6. The van der Waals surface area contributed by atoms with E-state index in [2.05, 4.69) is 15.4 Å². The molecule has 0 saturated heterocycles. The van der Waals surface area contributed by atoms with Crippen LogP contribution in [0, 0.1) is 0 Å². The van der Waals surface area contributed by atoms with Crippen molar-refractivity contribution in [3.8, 4) is 5.82 Å². The minimum Gasteiger partial charge on any atom is -0.462 e. The van der Waals surface area contributed by atoms with E-state index < -0.39 is 12.1 Å². The largest absolute Gasteiger partial charge is 0.462 e. The Bertz CT molecular complexity index is 799. The molecule has 0 bridgehead atoms. The molecule has 1 unspecified atom stereocenters. The van der Waals surface area contributed by atoms with E-state index in [4.69, 9.17) is 4.74 Å². The van der Waals surface area contributed by atoms with Gasteiger partial charge in [0.05, 0.1) is 6.61 Å². The predicted molar refractivity (Wildman–Crippen MR) is 92.5 cm³/mol. The molecule has 1 aliphatic carbocycles. The van der Waals surface area contributed by atoms with Crippen molar-refractivity contribution in [3.05, 3.63) is 60.0 Å². The minimum atomic E-state index is -0.929. The monoisotopic (exact) mass is 342 g/mol. The third kappa shape index (κ3) is 4.12. The number of esters is 1. The van der Waals surface area contributed by atoms with Crippen LogP contribution in [-0.4, -0.2) is 40.1 Å². The normalized spacial score (nSPS) is 16.4. The molecular weight excluding hydrogens is 323 g/mol. The van der Waals surface area contributed by atoms with E-state index >= 15 is 0 Å². The lowest BCUT2D eigenvalue weighted by Gasteiger charge is -2.11. The molecule has 25 heavy (non-hydrogen) atoms. The Labute approximate surface area is 145 Å². The molecule has 3 rings (SSSR count). The smallest absolute Gasteiger partial charge is 0.343 e. The highest BCUT2D eigenvalue weighted by atomic mass is 19.1. The average Bonchev–Trinajstić information content (AvgIpc) is 3.07. The second-order valence-corrected chi connectivity index (χ2v) is 5.49. The molecule has 0 aromatic carbocycles. The maximum absolute atomic E-state index is 13.1. The number of carbonyl (C=O) groups excluding carboxylic acids is 1. The fourth-order valence-electron chi connectivity index (χ4n) is 2.42. The first-order valence-corrected chi connectivity index (χ1v) is 8.10. The first-order valence-electron chi connectivity index (χ1n) is 8.10. The third-order valence-electron chi connectivity index (χ3n) is 3.68. The lowest BCUT2D eigenvalue weighted by atomic mass is 10.1. The van der Waals surface area contributed by atoms with Gasteiger partial charge in [-0.15, -0.1) is 5.10 Å². The average molecular weight is 342 g/mol. The van der Waals surface area contributed by atoms with E-state index in [-0.39, 0.29) is 6.61 Å². The molecule has 2 aromatic heterocycles. The molecule has 0 fully saturated rings. The molecule has 130 valence electrons. The second kappa shape index (κ2) is 7.74. The van der Waals surface area contributed by atoms with Crippen molar-refractivity contribution in [2.75, 3.05) is 18.5 Å². The lowest BCUT2D eigenvalue weighted by molar-refractivity contribution is 0.0527. The Morgan fingerprint density at radius 2 is 2.36 bits per heavy atom. The van der Waals surface area contributed by atoms with Crippen LogP contribution in [0.1, 0.15) is 23.7 Å². The molecule has 1 atom stereocenters. The molecule has 1 aliphatic rings. The van der Waals surface area contributed by atoms with Gasteiger partial charge in [-0.2, -0.15) is 0 Å². The Morgan fingerprint density at radius 3 is 3.04 bits per heavy atom. The zero-order valence-electron chi connectivity index (χ0n) is 13.9. The lowest BCUT2D eigenvalue weighted by Crippen LogP contribution is -2.12. The molecule has 0 radical (unpaired) electrons. The summed E-state index contributed by atoms with van der Waals surface area (Å²) in [5, 5.41) is 7.52. The second-order valence-electron chi connectivity index (χ2n) is 5.49. The van der Waals surface area contributed by atoms with Crippen LogP contribution in [0.15, 0.2) is 54.4 Å². The van der Waals surface area contributed by atoms with Gasteiger partial charge in [0.1, 0.15) is 11.7 Å². The van der Waals surface area contributed by atoms with Crippen LogP contribution in [0.2, 0.25) is 0 Å². The summed E-state index contributed by atoms with van der Waals surface area (Å²) in [4.78, 5) is 16.4. The number of hydrogen-bond donors (Lipinski definition) is 1. The number of anilines is 1. The number of nitrogens with zero attached hydrogens (tertiary/aromatic N) is 3. The number of halogens is 1. The summed E-state index contributed by atoms with van der Waals surface area (Å²) < 4.78 is 19.7. The highest BCUT2D eigenvalue weighted by Gasteiger charge is 2.19. The van der Waals surface area contributed by atoms with Gasteiger partial charge in [-0.1, -0.05) is 24.3 Å². The first kappa shape index (κ1) is 16.9. The Morgan fingerprint density at radius 1 is 1.48 bits per heavy atom. The van der Waals surface area contributed by atoms with Gasteiger partial charge >= 0.3 is 5.97 Å². The van der Waals surface area contributed by atoms with Crippen molar-refractivity contribution in [3.63, 3.8) is 0 Å². The van der Waals surface area contributed by atoms with Crippen molar-refractivity contribution in [2.45, 2.75) is 19.5 Å². The van der Waals surface area contributed by atoms with Gasteiger partial charge < -0.3 is 10.1 Å². The van der Waals surface area contributed by atoms with Crippen molar-refractivity contribution >= 4 is 11.8 Å². The number of allylic oxidation sites excluding steroid dienone is 2. The van der Waals surface area contributed by atoms with Crippen LogP contribution in [0.3, 0.4) is 0 Å². The Balaban J connectivity index is 1.82. The summed E-state index contributed by atoms with van der Waals surface area (Å²) in [6, 6.07) is 5.43. The van der Waals surface area contributed by atoms with Crippen LogP contribution in [0.5, 0.6) is 0 Å². The van der Waals surface area contributed by atoms with Gasteiger partial charge in [-0.3, -0.25) is 0 Å². The van der Waals surface area contributed by atoms with Crippen LogP contribution >= 0.6 is 0 Å². The molecule has 0 spiro atoms. The molecular formula is C18H19FN4O2. The van der Waals surface area contributed by atoms with Gasteiger partial charge in [0.2, 0.25) is 0 Å². The van der Waals surface area contributed by atoms with Gasteiger partial charge in [-0.05, 0) is 24.6 Å². The maximum Gasteiger partial charge on any atom is 0.343 e. The summed E-state index contributed by atoms with van der Waals surface area (Å²) in [7, 11) is 0. The number of carbonyl (C=O) groups is 1. The van der Waals surface area contributed by atoms with Gasteiger partial charge in [0, 0.05) is 25.4 Å². The fourth-order valence-corrected chi connectivity index (χ4v) is 2.42. The molecule has 0 aliphatic heterocycles. The van der Waals surface area contributed by atoms with E-state index in [0.29, 0.717) is 30.2 Å². The summed E-state index contributed by atoms with van der Waals surface area (Å²) in [5.41, 5.74) is 1.27. The number of pyridine rings is 1. The fraction of sp³-hybridized carbons (Fsp3) is 0.278. The van der Waals surface area contributed by atoms with Crippen LogP contribution in [0.4, 0.5) is 10.2 Å². The number of alkyl halides is 1. The van der Waals surface area contributed by atoms with Crippen LogP contribution < -0.4 is 5.32 Å². The SMILES string of the molecule is CCOC(=O)c1cn(-c2ccccn2)nc1NCC1=CCC(F)C=C1. The quantitative estimate of drug-likeness (QED) is 0.817. The van der Waals surface area contributed by atoms with E-state index in [1.807, 2.05) is 12.1 Å². The van der Waals surface area contributed by atoms with E-state index in [1.54, 1.807) is 37.5 Å². The van der Waals surface area contributed by atoms with Crippen molar-refractivity contribution in [1.29, 1.82) is 0 Å². The number of hydrogen-bond acceptors (Lipinski definition) is 5. The van der Waals surface area contributed by atoms with E-state index in [9.17, 15) is 9.18 Å². The zero-order chi connectivity index (χ0) is 17.6. The van der Waals surface area contributed by atoms with Crippen molar-refractivity contribution in [1.82, 2.24) is 14.8 Å². The van der Waals surface area contributed by atoms with Gasteiger partial charge in [0.25, 0.3) is 0 Å². The Kier molecular flexibility index (Phi) is 5.23. The molecule has 1 N–H and O–H groups in total.